The van der Waals surface area contributed by atoms with Gasteiger partial charge in [0.05, 0.1) is 19.3 Å². The highest BCUT2D eigenvalue weighted by Crippen LogP contribution is 2.56. The van der Waals surface area contributed by atoms with Crippen LogP contribution in [0.5, 0.6) is 0 Å². The Kier molecular flexibility index (Phi) is 3.09. The molecule has 3 fully saturated rings. The first kappa shape index (κ1) is 13.6. The molecule has 0 aromatic carbocycles. The van der Waals surface area contributed by atoms with E-state index in [0.29, 0.717) is 32.5 Å². The van der Waals surface area contributed by atoms with Gasteiger partial charge in [-0.1, -0.05) is 13.0 Å². The van der Waals surface area contributed by atoms with Crippen LogP contribution in [0.4, 0.5) is 0 Å². The standard InChI is InChI=1S/C17H22O4/c1-17-7-6-14-16(21-9-8-20-14)11(17)3-2-10-12(18)4-5-13(19)15(10)17/h3,10,14-16H,2,4-9H2,1H3. The number of carbonyl (C=O) groups is 2. The minimum Gasteiger partial charge on any atom is -0.373 e. The van der Waals surface area contributed by atoms with E-state index in [1.165, 1.54) is 5.57 Å². The number of fused-ring (bicyclic) bond motifs is 5. The van der Waals surface area contributed by atoms with Crippen molar-refractivity contribution in [3.05, 3.63) is 11.6 Å². The van der Waals surface area contributed by atoms with Gasteiger partial charge in [0.2, 0.25) is 0 Å². The molecule has 1 heterocycles. The molecule has 4 heteroatoms. The fraction of sp³-hybridized carbons (Fsp3) is 0.765. The van der Waals surface area contributed by atoms with E-state index in [1.807, 2.05) is 0 Å². The van der Waals surface area contributed by atoms with Gasteiger partial charge in [-0.05, 0) is 24.8 Å². The zero-order valence-electron chi connectivity index (χ0n) is 12.5. The van der Waals surface area contributed by atoms with E-state index < -0.39 is 0 Å². The van der Waals surface area contributed by atoms with E-state index in [0.717, 1.165) is 12.8 Å². The zero-order chi connectivity index (χ0) is 14.6. The molecule has 21 heavy (non-hydrogen) atoms. The van der Waals surface area contributed by atoms with Gasteiger partial charge in [-0.2, -0.15) is 0 Å². The minimum absolute atomic E-state index is 0.0109. The Morgan fingerprint density at radius 1 is 1.14 bits per heavy atom. The van der Waals surface area contributed by atoms with Crippen molar-refractivity contribution < 1.29 is 19.1 Å². The predicted molar refractivity (Wildman–Crippen MR) is 75.7 cm³/mol. The molecule has 5 unspecified atom stereocenters. The maximum absolute atomic E-state index is 12.5. The third-order valence-corrected chi connectivity index (χ3v) is 6.02. The number of allylic oxidation sites excluding steroid dienone is 1. The van der Waals surface area contributed by atoms with E-state index in [4.69, 9.17) is 9.47 Å². The largest absolute Gasteiger partial charge is 0.373 e. The molecule has 0 radical (unpaired) electrons. The maximum Gasteiger partial charge on any atom is 0.138 e. The van der Waals surface area contributed by atoms with Crippen molar-refractivity contribution in [2.75, 3.05) is 13.2 Å². The number of rotatable bonds is 0. The zero-order valence-corrected chi connectivity index (χ0v) is 12.5. The molecule has 4 rings (SSSR count). The lowest BCUT2D eigenvalue weighted by Crippen LogP contribution is -2.56. The van der Waals surface area contributed by atoms with Crippen molar-refractivity contribution in [3.63, 3.8) is 0 Å². The predicted octanol–water partition coefficient (Wildman–Crippen LogP) is 2.06. The molecule has 2 saturated carbocycles. The summed E-state index contributed by atoms with van der Waals surface area (Å²) < 4.78 is 11.8. The van der Waals surface area contributed by atoms with Crippen LogP contribution in [-0.4, -0.2) is 37.0 Å². The normalized spacial score (nSPS) is 46.2. The number of ketones is 2. The number of carbonyl (C=O) groups excluding carboxylic acids is 2. The summed E-state index contributed by atoms with van der Waals surface area (Å²) in [4.78, 5) is 24.8. The lowest BCUT2D eigenvalue weighted by Gasteiger charge is -2.54. The van der Waals surface area contributed by atoms with Crippen LogP contribution in [-0.2, 0) is 19.1 Å². The second kappa shape index (κ2) is 4.75. The fourth-order valence-corrected chi connectivity index (χ4v) is 5.01. The van der Waals surface area contributed by atoms with Crippen LogP contribution in [0, 0.1) is 17.3 Å². The lowest BCUT2D eigenvalue weighted by molar-refractivity contribution is -0.162. The molecule has 3 aliphatic carbocycles. The molecular weight excluding hydrogens is 268 g/mol. The first-order valence-electron chi connectivity index (χ1n) is 8.10. The Morgan fingerprint density at radius 3 is 2.76 bits per heavy atom. The molecule has 4 aliphatic rings. The highest BCUT2D eigenvalue weighted by atomic mass is 16.6. The molecular formula is C17H22O4. The Hall–Kier alpha value is -1.00. The second-order valence-electron chi connectivity index (χ2n) is 7.07. The molecule has 1 saturated heterocycles. The molecule has 0 spiro atoms. The monoisotopic (exact) mass is 290 g/mol. The Balaban J connectivity index is 1.74. The van der Waals surface area contributed by atoms with Crippen molar-refractivity contribution in [2.24, 2.45) is 17.3 Å². The van der Waals surface area contributed by atoms with Crippen molar-refractivity contribution in [2.45, 2.75) is 51.2 Å². The van der Waals surface area contributed by atoms with Crippen LogP contribution in [0.25, 0.3) is 0 Å². The topological polar surface area (TPSA) is 52.6 Å². The van der Waals surface area contributed by atoms with Crippen LogP contribution in [0.1, 0.15) is 39.0 Å². The van der Waals surface area contributed by atoms with E-state index in [9.17, 15) is 9.59 Å². The van der Waals surface area contributed by atoms with E-state index in [2.05, 4.69) is 13.0 Å². The van der Waals surface area contributed by atoms with Gasteiger partial charge in [0.1, 0.15) is 17.7 Å². The van der Waals surface area contributed by atoms with Gasteiger partial charge in [-0.3, -0.25) is 9.59 Å². The fourth-order valence-electron chi connectivity index (χ4n) is 5.01. The lowest BCUT2D eigenvalue weighted by atomic mass is 9.52. The molecule has 0 N–H and O–H groups in total. The average molecular weight is 290 g/mol. The quantitative estimate of drug-likeness (QED) is 0.641. The summed E-state index contributed by atoms with van der Waals surface area (Å²) in [6.07, 6.45) is 5.70. The van der Waals surface area contributed by atoms with Gasteiger partial charge in [0, 0.05) is 30.1 Å². The van der Waals surface area contributed by atoms with E-state index >= 15 is 0 Å². The van der Waals surface area contributed by atoms with Gasteiger partial charge in [0.25, 0.3) is 0 Å². The van der Waals surface area contributed by atoms with Crippen molar-refractivity contribution in [3.8, 4) is 0 Å². The van der Waals surface area contributed by atoms with Crippen molar-refractivity contribution in [1.82, 2.24) is 0 Å². The third-order valence-electron chi connectivity index (χ3n) is 6.02. The SMILES string of the molecule is CC12CCC3OCCOC3C1=CCC1C(=O)CCC(=O)C12. The molecule has 0 amide bonds. The van der Waals surface area contributed by atoms with Gasteiger partial charge in [0.15, 0.2) is 0 Å². The number of Topliss-reactive ketones (excluding diaryl/α,β-unsaturated/α-hetero) is 2. The summed E-state index contributed by atoms with van der Waals surface area (Å²) in [6.45, 7) is 3.45. The molecule has 0 aromatic rings. The summed E-state index contributed by atoms with van der Waals surface area (Å²) in [6, 6.07) is 0. The van der Waals surface area contributed by atoms with Crippen molar-refractivity contribution >= 4 is 11.6 Å². The summed E-state index contributed by atoms with van der Waals surface area (Å²) in [5, 5.41) is 0. The third kappa shape index (κ3) is 1.88. The summed E-state index contributed by atoms with van der Waals surface area (Å²) in [5.74, 6) is 0.327. The average Bonchev–Trinajstić information content (AvgIpc) is 2.50. The highest BCUT2D eigenvalue weighted by molar-refractivity contribution is 5.97. The summed E-state index contributed by atoms with van der Waals surface area (Å²) >= 11 is 0. The minimum atomic E-state index is -0.210. The van der Waals surface area contributed by atoms with Crippen LogP contribution in [0.2, 0.25) is 0 Å². The molecule has 1 aliphatic heterocycles. The van der Waals surface area contributed by atoms with Gasteiger partial charge < -0.3 is 9.47 Å². The maximum atomic E-state index is 12.5. The number of hydrogen-bond acceptors (Lipinski definition) is 4. The molecule has 4 nitrogen and oxygen atoms in total. The summed E-state index contributed by atoms with van der Waals surface area (Å²) in [5.41, 5.74) is 1.01. The molecule has 114 valence electrons. The first-order chi connectivity index (χ1) is 10.1. The van der Waals surface area contributed by atoms with E-state index in [-0.39, 0.29) is 41.0 Å². The Morgan fingerprint density at radius 2 is 1.90 bits per heavy atom. The number of hydrogen-bond donors (Lipinski definition) is 0. The Labute approximate surface area is 124 Å². The molecule has 0 aromatic heterocycles. The van der Waals surface area contributed by atoms with Gasteiger partial charge in [-0.25, -0.2) is 0 Å². The first-order valence-corrected chi connectivity index (χ1v) is 8.10. The van der Waals surface area contributed by atoms with Gasteiger partial charge in [-0.15, -0.1) is 0 Å². The summed E-state index contributed by atoms with van der Waals surface area (Å²) in [7, 11) is 0. The van der Waals surface area contributed by atoms with Crippen LogP contribution < -0.4 is 0 Å². The number of ether oxygens (including phenoxy) is 2. The molecule has 0 bridgehead atoms. The van der Waals surface area contributed by atoms with Crippen LogP contribution in [0.3, 0.4) is 0 Å². The second-order valence-corrected chi connectivity index (χ2v) is 7.07. The van der Waals surface area contributed by atoms with Crippen molar-refractivity contribution in [1.29, 1.82) is 0 Å². The smallest absolute Gasteiger partial charge is 0.138 e. The van der Waals surface area contributed by atoms with E-state index in [1.54, 1.807) is 0 Å². The Bertz CT molecular complexity index is 523. The highest BCUT2D eigenvalue weighted by Gasteiger charge is 2.56. The van der Waals surface area contributed by atoms with Gasteiger partial charge >= 0.3 is 0 Å². The van der Waals surface area contributed by atoms with Crippen LogP contribution >= 0.6 is 0 Å². The van der Waals surface area contributed by atoms with Crippen LogP contribution in [0.15, 0.2) is 11.6 Å². The molecule has 5 atom stereocenters.